The van der Waals surface area contributed by atoms with Crippen LogP contribution in [0.2, 0.25) is 0 Å². The van der Waals surface area contributed by atoms with E-state index in [2.05, 4.69) is 15.5 Å². The minimum atomic E-state index is -0.0146. The minimum absolute atomic E-state index is 0.0146. The molecule has 4 rings (SSSR count). The van der Waals surface area contributed by atoms with Crippen molar-refractivity contribution >= 4 is 6.03 Å². The zero-order chi connectivity index (χ0) is 15.8. The lowest BCUT2D eigenvalue weighted by atomic mass is 9.85. The van der Waals surface area contributed by atoms with Crippen molar-refractivity contribution in [1.29, 1.82) is 0 Å². The van der Waals surface area contributed by atoms with Crippen molar-refractivity contribution in [3.63, 3.8) is 0 Å². The number of rotatable bonds is 4. The van der Waals surface area contributed by atoms with E-state index in [1.54, 1.807) is 0 Å². The van der Waals surface area contributed by atoms with Crippen molar-refractivity contribution in [3.05, 3.63) is 0 Å². The van der Waals surface area contributed by atoms with E-state index < -0.39 is 0 Å². The average molecular weight is 321 g/mol. The van der Waals surface area contributed by atoms with E-state index in [1.807, 2.05) is 0 Å². The normalized spacial score (nSPS) is 40.8. The molecule has 0 aromatic carbocycles. The topological polar surface area (TPSA) is 64.6 Å². The van der Waals surface area contributed by atoms with Gasteiger partial charge in [-0.15, -0.1) is 0 Å². The third-order valence-electron chi connectivity index (χ3n) is 6.99. The second-order valence-corrected chi connectivity index (χ2v) is 8.24. The van der Waals surface area contributed by atoms with Crippen LogP contribution in [-0.4, -0.2) is 53.9 Å². The maximum absolute atomic E-state index is 12.4. The Labute approximate surface area is 139 Å². The molecule has 5 atom stereocenters. The van der Waals surface area contributed by atoms with Gasteiger partial charge in [0.1, 0.15) is 0 Å². The SMILES string of the molecule is O=C(NC1CCN(C2CCCC2)C1)NC1C2CCC(C2)C1CO. The number of carbonyl (C=O) groups excluding carboxylic acids is 1. The van der Waals surface area contributed by atoms with Gasteiger partial charge in [0.05, 0.1) is 0 Å². The van der Waals surface area contributed by atoms with Gasteiger partial charge >= 0.3 is 6.03 Å². The number of amides is 2. The van der Waals surface area contributed by atoms with E-state index in [9.17, 15) is 9.90 Å². The number of fused-ring (bicyclic) bond motifs is 2. The molecule has 5 heteroatoms. The molecule has 23 heavy (non-hydrogen) atoms. The van der Waals surface area contributed by atoms with Gasteiger partial charge in [-0.2, -0.15) is 0 Å². The fourth-order valence-corrected chi connectivity index (χ4v) is 5.78. The van der Waals surface area contributed by atoms with Gasteiger partial charge < -0.3 is 15.7 Å². The summed E-state index contributed by atoms with van der Waals surface area (Å²) in [6.45, 7) is 2.35. The van der Waals surface area contributed by atoms with Crippen molar-refractivity contribution in [2.24, 2.45) is 17.8 Å². The summed E-state index contributed by atoms with van der Waals surface area (Å²) in [6, 6.07) is 1.22. The number of aliphatic hydroxyl groups excluding tert-OH is 1. The van der Waals surface area contributed by atoms with Gasteiger partial charge in [-0.25, -0.2) is 4.79 Å². The smallest absolute Gasteiger partial charge is 0.315 e. The van der Waals surface area contributed by atoms with E-state index in [0.29, 0.717) is 17.9 Å². The second-order valence-electron chi connectivity index (χ2n) is 8.24. The van der Waals surface area contributed by atoms with Crippen LogP contribution >= 0.6 is 0 Å². The highest BCUT2D eigenvalue weighted by Gasteiger charge is 2.47. The highest BCUT2D eigenvalue weighted by molar-refractivity contribution is 5.74. The van der Waals surface area contributed by atoms with Crippen LogP contribution in [0.3, 0.4) is 0 Å². The molecule has 1 aliphatic heterocycles. The Balaban J connectivity index is 1.26. The number of carbonyl (C=O) groups is 1. The van der Waals surface area contributed by atoms with E-state index in [-0.39, 0.29) is 24.6 Å². The molecule has 4 aliphatic rings. The third-order valence-corrected chi connectivity index (χ3v) is 6.99. The van der Waals surface area contributed by atoms with Gasteiger partial charge in [0, 0.05) is 43.7 Å². The Bertz CT molecular complexity index is 438. The standard InChI is InChI=1S/C18H31N3O2/c22-11-16-12-5-6-13(9-12)17(16)20-18(23)19-14-7-8-21(10-14)15-3-1-2-4-15/h12-17,22H,1-11H2,(H2,19,20,23). The fraction of sp³-hybridized carbons (Fsp3) is 0.944. The predicted molar refractivity (Wildman–Crippen MR) is 89.1 cm³/mol. The summed E-state index contributed by atoms with van der Waals surface area (Å²) in [6.07, 6.45) is 10.1. The highest BCUT2D eigenvalue weighted by atomic mass is 16.3. The summed E-state index contributed by atoms with van der Waals surface area (Å²) in [7, 11) is 0. The first kappa shape index (κ1) is 15.7. The summed E-state index contributed by atoms with van der Waals surface area (Å²) >= 11 is 0. The summed E-state index contributed by atoms with van der Waals surface area (Å²) < 4.78 is 0. The molecule has 2 amide bonds. The molecule has 1 saturated heterocycles. The maximum atomic E-state index is 12.4. The maximum Gasteiger partial charge on any atom is 0.315 e. The number of hydrogen-bond acceptors (Lipinski definition) is 3. The first-order valence-electron chi connectivity index (χ1n) is 9.66. The Hall–Kier alpha value is -0.810. The van der Waals surface area contributed by atoms with Crippen LogP contribution in [0.15, 0.2) is 0 Å². The van der Waals surface area contributed by atoms with Gasteiger partial charge in [-0.3, -0.25) is 4.90 Å². The van der Waals surface area contributed by atoms with Gasteiger partial charge in [0.2, 0.25) is 0 Å². The first-order valence-corrected chi connectivity index (χ1v) is 9.66. The average Bonchev–Trinajstić information content (AvgIpc) is 3.31. The van der Waals surface area contributed by atoms with E-state index in [4.69, 9.17) is 0 Å². The van der Waals surface area contributed by atoms with Gasteiger partial charge in [-0.1, -0.05) is 12.8 Å². The molecule has 0 aromatic rings. The van der Waals surface area contributed by atoms with Crippen molar-refractivity contribution < 1.29 is 9.90 Å². The Kier molecular flexibility index (Phi) is 4.50. The lowest BCUT2D eigenvalue weighted by Crippen LogP contribution is -2.51. The van der Waals surface area contributed by atoms with Gasteiger partial charge in [-0.05, 0) is 50.4 Å². The molecule has 130 valence electrons. The second kappa shape index (κ2) is 6.60. The number of likely N-dealkylation sites (tertiary alicyclic amines) is 1. The van der Waals surface area contributed by atoms with E-state index in [0.717, 1.165) is 25.6 Å². The van der Waals surface area contributed by atoms with Gasteiger partial charge in [0.25, 0.3) is 0 Å². The van der Waals surface area contributed by atoms with Gasteiger partial charge in [0.15, 0.2) is 0 Å². The lowest BCUT2D eigenvalue weighted by molar-refractivity contribution is 0.143. The van der Waals surface area contributed by atoms with Crippen LogP contribution in [0, 0.1) is 17.8 Å². The molecule has 0 spiro atoms. The number of urea groups is 1. The monoisotopic (exact) mass is 321 g/mol. The molecule has 3 N–H and O–H groups in total. The van der Waals surface area contributed by atoms with Crippen LogP contribution in [-0.2, 0) is 0 Å². The lowest BCUT2D eigenvalue weighted by Gasteiger charge is -2.31. The molecule has 2 bridgehead atoms. The van der Waals surface area contributed by atoms with Crippen molar-refractivity contribution in [3.8, 4) is 0 Å². The first-order chi connectivity index (χ1) is 11.2. The largest absolute Gasteiger partial charge is 0.396 e. The van der Waals surface area contributed by atoms with Crippen LogP contribution < -0.4 is 10.6 Å². The summed E-state index contributed by atoms with van der Waals surface area (Å²) in [4.78, 5) is 15.0. The van der Waals surface area contributed by atoms with Crippen molar-refractivity contribution in [2.75, 3.05) is 19.7 Å². The number of hydrogen-bond donors (Lipinski definition) is 3. The highest BCUT2D eigenvalue weighted by Crippen LogP contribution is 2.48. The molecule has 5 nitrogen and oxygen atoms in total. The zero-order valence-corrected chi connectivity index (χ0v) is 14.0. The van der Waals surface area contributed by atoms with Crippen LogP contribution in [0.4, 0.5) is 4.79 Å². The Morgan fingerprint density at radius 1 is 1.04 bits per heavy atom. The number of nitrogens with zero attached hydrogens (tertiary/aromatic N) is 1. The van der Waals surface area contributed by atoms with Crippen LogP contribution in [0.5, 0.6) is 0 Å². The zero-order valence-electron chi connectivity index (χ0n) is 14.0. The molecular formula is C18H31N3O2. The van der Waals surface area contributed by atoms with E-state index in [1.165, 1.54) is 44.9 Å². The molecule has 3 aliphatic carbocycles. The van der Waals surface area contributed by atoms with E-state index >= 15 is 0 Å². The third kappa shape index (κ3) is 3.10. The molecular weight excluding hydrogens is 290 g/mol. The molecule has 1 heterocycles. The predicted octanol–water partition coefficient (Wildman–Crippen LogP) is 1.71. The quantitative estimate of drug-likeness (QED) is 0.738. The summed E-state index contributed by atoms with van der Waals surface area (Å²) in [5.41, 5.74) is 0. The summed E-state index contributed by atoms with van der Waals surface area (Å²) in [5.74, 6) is 1.49. The van der Waals surface area contributed by atoms with Crippen molar-refractivity contribution in [2.45, 2.75) is 69.5 Å². The molecule has 5 unspecified atom stereocenters. The number of nitrogens with one attached hydrogen (secondary N) is 2. The van der Waals surface area contributed by atoms with Crippen LogP contribution in [0.25, 0.3) is 0 Å². The number of aliphatic hydroxyl groups is 1. The van der Waals surface area contributed by atoms with Crippen LogP contribution in [0.1, 0.15) is 51.4 Å². The Morgan fingerprint density at radius 2 is 1.83 bits per heavy atom. The minimum Gasteiger partial charge on any atom is -0.396 e. The molecule has 3 saturated carbocycles. The van der Waals surface area contributed by atoms with Crippen molar-refractivity contribution in [1.82, 2.24) is 15.5 Å². The molecule has 0 aromatic heterocycles. The molecule has 0 radical (unpaired) electrons. The Morgan fingerprint density at radius 3 is 2.61 bits per heavy atom. The fourth-order valence-electron chi connectivity index (χ4n) is 5.78. The molecule has 4 fully saturated rings. The summed E-state index contributed by atoms with van der Waals surface area (Å²) in [5, 5.41) is 16.0.